The second-order valence-corrected chi connectivity index (χ2v) is 10.7. The molecule has 1 amide bonds. The highest BCUT2D eigenvalue weighted by molar-refractivity contribution is 6.03. The number of hydrogen-bond donors (Lipinski definition) is 2. The zero-order valence-electron chi connectivity index (χ0n) is 20.8. The van der Waals surface area contributed by atoms with Crippen molar-refractivity contribution < 1.29 is 9.18 Å². The molecule has 1 aliphatic carbocycles. The number of pyridine rings is 1. The van der Waals surface area contributed by atoms with E-state index < -0.39 is 5.95 Å². The van der Waals surface area contributed by atoms with Gasteiger partial charge in [-0.2, -0.15) is 4.39 Å². The molecule has 7 heteroatoms. The van der Waals surface area contributed by atoms with Crippen molar-refractivity contribution in [1.29, 1.82) is 0 Å². The number of carbonyl (C=O) groups excluding carboxylic acids is 1. The predicted molar refractivity (Wildman–Crippen MR) is 145 cm³/mol. The van der Waals surface area contributed by atoms with Gasteiger partial charge in [0.15, 0.2) is 0 Å². The smallest absolute Gasteiger partial charge is 0.251 e. The Morgan fingerprint density at radius 2 is 1.70 bits per heavy atom. The minimum absolute atomic E-state index is 0.0648. The third kappa shape index (κ3) is 4.07. The molecular weight excluding hydrogens is 465 g/mol. The van der Waals surface area contributed by atoms with Crippen LogP contribution < -0.4 is 15.5 Å². The molecule has 7 rings (SSSR count). The van der Waals surface area contributed by atoms with Crippen LogP contribution in [0.1, 0.15) is 34.3 Å². The molecule has 1 saturated carbocycles. The molecule has 2 N–H and O–H groups in total. The Bertz CT molecular complexity index is 1420. The Morgan fingerprint density at radius 1 is 0.946 bits per heavy atom. The van der Waals surface area contributed by atoms with Gasteiger partial charge in [-0.25, -0.2) is 4.98 Å². The molecule has 0 atom stereocenters. The first-order valence-electron chi connectivity index (χ1n) is 13.2. The molecule has 0 unspecified atom stereocenters. The van der Waals surface area contributed by atoms with Crippen LogP contribution in [-0.2, 0) is 6.42 Å². The van der Waals surface area contributed by atoms with E-state index in [1.54, 1.807) is 0 Å². The van der Waals surface area contributed by atoms with Crippen LogP contribution in [0.2, 0.25) is 0 Å². The first-order valence-corrected chi connectivity index (χ1v) is 13.2. The first kappa shape index (κ1) is 22.5. The van der Waals surface area contributed by atoms with Crippen LogP contribution in [0.5, 0.6) is 0 Å². The highest BCUT2D eigenvalue weighted by Gasteiger charge is 2.28. The number of piperazine rings is 1. The summed E-state index contributed by atoms with van der Waals surface area (Å²) in [6, 6.07) is 14.0. The summed E-state index contributed by atoms with van der Waals surface area (Å²) in [5, 5.41) is 6.04. The summed E-state index contributed by atoms with van der Waals surface area (Å²) in [5.74, 6) is 0.807. The number of carbonyl (C=O) groups is 1. The Labute approximate surface area is 216 Å². The maximum atomic E-state index is 15.2. The SMILES string of the molecule is C=C1Nc2nc(F)c(-c3ccc(N4CCN(CC5CC5)CC4)cc3)cc2-c2cc3c(cc21)C(=O)NCC3. The van der Waals surface area contributed by atoms with Crippen molar-refractivity contribution in [2.24, 2.45) is 5.92 Å². The van der Waals surface area contributed by atoms with Gasteiger partial charge in [0.05, 0.1) is 0 Å². The standard InChI is InChI=1S/C30H30FN5O/c1-18-23-15-25-21(8-9-32-30(25)37)14-26(23)27-16-24(28(31)34-29(27)33-18)20-4-6-22(7-5-20)36-12-10-35(11-13-36)17-19-2-3-19/h4-7,14-16,19H,1-3,8-13,17H2,(H,32,37)(H,33,34). The lowest BCUT2D eigenvalue weighted by molar-refractivity contribution is 0.0946. The van der Waals surface area contributed by atoms with Gasteiger partial charge in [0.2, 0.25) is 5.95 Å². The highest BCUT2D eigenvalue weighted by Crippen LogP contribution is 2.42. The van der Waals surface area contributed by atoms with Gasteiger partial charge >= 0.3 is 0 Å². The second kappa shape index (κ2) is 8.70. The van der Waals surface area contributed by atoms with Crippen molar-refractivity contribution in [3.05, 3.63) is 71.7 Å². The Kier molecular flexibility index (Phi) is 5.29. The third-order valence-corrected chi connectivity index (χ3v) is 8.16. The van der Waals surface area contributed by atoms with Gasteiger partial charge in [-0.15, -0.1) is 0 Å². The van der Waals surface area contributed by atoms with Crippen molar-refractivity contribution in [3.8, 4) is 22.3 Å². The number of fused-ring (bicyclic) bond motifs is 4. The topological polar surface area (TPSA) is 60.5 Å². The molecule has 37 heavy (non-hydrogen) atoms. The predicted octanol–water partition coefficient (Wildman–Crippen LogP) is 4.77. The van der Waals surface area contributed by atoms with Crippen LogP contribution in [0.25, 0.3) is 28.0 Å². The molecule has 0 spiro atoms. The number of aromatic nitrogens is 1. The normalized spacial score (nSPS) is 19.0. The monoisotopic (exact) mass is 495 g/mol. The molecule has 3 aromatic rings. The van der Waals surface area contributed by atoms with E-state index in [0.29, 0.717) is 29.2 Å². The van der Waals surface area contributed by atoms with Gasteiger partial charge in [0.25, 0.3) is 5.91 Å². The average Bonchev–Trinajstić information content (AvgIpc) is 3.73. The van der Waals surface area contributed by atoms with E-state index >= 15 is 4.39 Å². The molecule has 6 nitrogen and oxygen atoms in total. The van der Waals surface area contributed by atoms with E-state index in [1.807, 2.05) is 30.3 Å². The van der Waals surface area contributed by atoms with E-state index in [2.05, 4.69) is 44.1 Å². The van der Waals surface area contributed by atoms with Gasteiger partial charge < -0.3 is 15.5 Å². The summed E-state index contributed by atoms with van der Waals surface area (Å²) >= 11 is 0. The zero-order chi connectivity index (χ0) is 25.1. The molecule has 3 aliphatic heterocycles. The molecule has 0 radical (unpaired) electrons. The second-order valence-electron chi connectivity index (χ2n) is 10.7. The largest absolute Gasteiger partial charge is 0.369 e. The Morgan fingerprint density at radius 3 is 2.46 bits per heavy atom. The van der Waals surface area contributed by atoms with E-state index in [-0.39, 0.29) is 5.91 Å². The van der Waals surface area contributed by atoms with Gasteiger partial charge in [0, 0.05) is 72.9 Å². The number of nitrogens with one attached hydrogen (secondary N) is 2. The summed E-state index contributed by atoms with van der Waals surface area (Å²) in [4.78, 5) is 21.7. The minimum Gasteiger partial charge on any atom is -0.369 e. The van der Waals surface area contributed by atoms with E-state index in [9.17, 15) is 4.79 Å². The summed E-state index contributed by atoms with van der Waals surface area (Å²) in [6.07, 6.45) is 3.55. The van der Waals surface area contributed by atoms with Crippen LogP contribution in [-0.4, -0.2) is 55.1 Å². The average molecular weight is 496 g/mol. The number of anilines is 2. The van der Waals surface area contributed by atoms with E-state index in [4.69, 9.17) is 0 Å². The molecule has 1 saturated heterocycles. The lowest BCUT2D eigenvalue weighted by Crippen LogP contribution is -2.47. The number of amides is 1. The van der Waals surface area contributed by atoms with Gasteiger partial charge in [-0.3, -0.25) is 9.69 Å². The quantitative estimate of drug-likeness (QED) is 0.511. The number of nitrogens with zero attached hydrogens (tertiary/aromatic N) is 3. The molecular formula is C30H30FN5O. The molecule has 4 heterocycles. The van der Waals surface area contributed by atoms with Gasteiger partial charge in [0.1, 0.15) is 5.82 Å². The molecule has 4 aliphatic rings. The molecule has 1 aromatic heterocycles. The number of halogens is 1. The number of benzene rings is 2. The fourth-order valence-corrected chi connectivity index (χ4v) is 5.85. The van der Waals surface area contributed by atoms with Crippen LogP contribution in [0.15, 0.2) is 49.0 Å². The van der Waals surface area contributed by atoms with Crippen molar-refractivity contribution in [1.82, 2.24) is 15.2 Å². The number of hydrogen-bond acceptors (Lipinski definition) is 5. The molecule has 188 valence electrons. The van der Waals surface area contributed by atoms with Crippen LogP contribution >= 0.6 is 0 Å². The summed E-state index contributed by atoms with van der Waals surface area (Å²) in [7, 11) is 0. The molecule has 2 fully saturated rings. The maximum absolute atomic E-state index is 15.2. The fourth-order valence-electron chi connectivity index (χ4n) is 5.85. The Balaban J connectivity index is 1.18. The summed E-state index contributed by atoms with van der Waals surface area (Å²) in [5.41, 5.74) is 7.33. The summed E-state index contributed by atoms with van der Waals surface area (Å²) < 4.78 is 15.2. The third-order valence-electron chi connectivity index (χ3n) is 8.16. The van der Waals surface area contributed by atoms with Crippen molar-refractivity contribution in [2.45, 2.75) is 19.3 Å². The van der Waals surface area contributed by atoms with Crippen molar-refractivity contribution in [2.75, 3.05) is 49.5 Å². The van der Waals surface area contributed by atoms with Crippen molar-refractivity contribution in [3.63, 3.8) is 0 Å². The van der Waals surface area contributed by atoms with Crippen LogP contribution in [0.3, 0.4) is 0 Å². The Hall–Kier alpha value is -3.71. The summed E-state index contributed by atoms with van der Waals surface area (Å²) in [6.45, 7) is 10.2. The maximum Gasteiger partial charge on any atom is 0.251 e. The fraction of sp³-hybridized carbons (Fsp3) is 0.333. The highest BCUT2D eigenvalue weighted by atomic mass is 19.1. The van der Waals surface area contributed by atoms with Crippen LogP contribution in [0.4, 0.5) is 15.9 Å². The van der Waals surface area contributed by atoms with E-state index in [1.165, 1.54) is 25.1 Å². The lowest BCUT2D eigenvalue weighted by Gasteiger charge is -2.36. The van der Waals surface area contributed by atoms with E-state index in [0.717, 1.165) is 66.3 Å². The van der Waals surface area contributed by atoms with Gasteiger partial charge in [-0.1, -0.05) is 18.7 Å². The van der Waals surface area contributed by atoms with Crippen molar-refractivity contribution >= 4 is 23.1 Å². The zero-order valence-corrected chi connectivity index (χ0v) is 20.8. The minimum atomic E-state index is -0.513. The molecule has 0 bridgehead atoms. The van der Waals surface area contributed by atoms with Crippen LogP contribution in [0, 0.1) is 11.9 Å². The molecule has 2 aromatic carbocycles. The lowest BCUT2D eigenvalue weighted by atomic mass is 9.87. The van der Waals surface area contributed by atoms with Gasteiger partial charge in [-0.05, 0) is 72.2 Å². The first-order chi connectivity index (χ1) is 18.0. The number of rotatable bonds is 4.